The van der Waals surface area contributed by atoms with Crippen LogP contribution in [-0.2, 0) is 22.7 Å². The lowest BCUT2D eigenvalue weighted by Gasteiger charge is -2.38. The lowest BCUT2D eigenvalue weighted by atomic mass is 9.71. The molecule has 2 aliphatic rings. The number of carbonyl (C=O) groups is 1. The molecule has 6 nitrogen and oxygen atoms in total. The van der Waals surface area contributed by atoms with Crippen molar-refractivity contribution in [3.8, 4) is 5.75 Å². The number of aromatic amines is 1. The highest BCUT2D eigenvalue weighted by Gasteiger charge is 2.39. The topological polar surface area (TPSA) is 83.6 Å². The number of ketones is 1. The predicted octanol–water partition coefficient (Wildman–Crippen LogP) is 6.25. The van der Waals surface area contributed by atoms with Crippen LogP contribution in [0.4, 0.5) is 0 Å². The van der Waals surface area contributed by atoms with Crippen LogP contribution in [0, 0.1) is 0 Å². The number of aliphatic hydroxyl groups is 1. The van der Waals surface area contributed by atoms with E-state index in [1.165, 1.54) is 0 Å². The van der Waals surface area contributed by atoms with Gasteiger partial charge in [-0.3, -0.25) is 4.79 Å². The van der Waals surface area contributed by atoms with Gasteiger partial charge in [0.05, 0.1) is 26.9 Å². The van der Waals surface area contributed by atoms with Crippen molar-refractivity contribution in [1.82, 2.24) is 10.3 Å². The maximum absolute atomic E-state index is 14.1. The van der Waals surface area contributed by atoms with Gasteiger partial charge in [-0.15, -0.1) is 0 Å². The van der Waals surface area contributed by atoms with E-state index in [1.807, 2.05) is 48.7 Å². The summed E-state index contributed by atoms with van der Waals surface area (Å²) < 4.78 is 11.9. The first-order valence-electron chi connectivity index (χ1n) is 13.8. The molecule has 6 heteroatoms. The van der Waals surface area contributed by atoms with Crippen molar-refractivity contribution < 1.29 is 19.4 Å². The van der Waals surface area contributed by atoms with Crippen LogP contribution in [0.1, 0.15) is 53.9 Å². The van der Waals surface area contributed by atoms with Crippen molar-refractivity contribution in [3.63, 3.8) is 0 Å². The fourth-order valence-corrected chi connectivity index (χ4v) is 6.30. The molecule has 0 saturated carbocycles. The number of dihydropyridines is 1. The molecule has 0 spiro atoms. The molecule has 1 aliphatic carbocycles. The Kier molecular flexibility index (Phi) is 7.29. The lowest BCUT2D eigenvalue weighted by molar-refractivity contribution is -0.116. The molecule has 0 bridgehead atoms. The average Bonchev–Trinajstić information content (AvgIpc) is 3.47. The molecule has 0 radical (unpaired) electrons. The van der Waals surface area contributed by atoms with Gasteiger partial charge in [0.2, 0.25) is 0 Å². The van der Waals surface area contributed by atoms with Gasteiger partial charge in [0.1, 0.15) is 5.75 Å². The number of hydrogen-bond donors (Lipinski definition) is 3. The van der Waals surface area contributed by atoms with E-state index in [9.17, 15) is 9.90 Å². The van der Waals surface area contributed by atoms with Gasteiger partial charge in [0.25, 0.3) is 0 Å². The number of para-hydroxylation sites is 1. The van der Waals surface area contributed by atoms with Gasteiger partial charge in [-0.1, -0.05) is 54.6 Å². The Balaban J connectivity index is 1.37. The third-order valence-electron chi connectivity index (χ3n) is 8.18. The molecular formula is C34H34N2O4. The van der Waals surface area contributed by atoms with Crippen molar-refractivity contribution in [3.05, 3.63) is 124 Å². The summed E-state index contributed by atoms with van der Waals surface area (Å²) in [6, 6.07) is 24.1. The third kappa shape index (κ3) is 4.85. The molecule has 204 valence electrons. The summed E-state index contributed by atoms with van der Waals surface area (Å²) in [6.07, 6.45) is 3.12. The summed E-state index contributed by atoms with van der Waals surface area (Å²) in [6.45, 7) is 2.88. The highest BCUT2D eigenvalue weighted by molar-refractivity contribution is 6.01. The lowest BCUT2D eigenvalue weighted by Crippen LogP contribution is -2.35. The second-order valence-corrected chi connectivity index (χ2v) is 10.6. The van der Waals surface area contributed by atoms with Crippen LogP contribution < -0.4 is 10.1 Å². The number of fused-ring (bicyclic) bond motifs is 1. The molecule has 2 heterocycles. The number of Topliss-reactive ketones (excluding diaryl/α,β-unsaturated/α-hetero) is 1. The maximum Gasteiger partial charge on any atom is 0.162 e. The Labute approximate surface area is 234 Å². The van der Waals surface area contributed by atoms with Gasteiger partial charge in [-0.2, -0.15) is 0 Å². The number of carbonyl (C=O) groups excluding carboxylic acids is 1. The Hall–Kier alpha value is -4.13. The molecule has 1 aliphatic heterocycles. The van der Waals surface area contributed by atoms with E-state index in [-0.39, 0.29) is 24.2 Å². The predicted molar refractivity (Wildman–Crippen MR) is 156 cm³/mol. The van der Waals surface area contributed by atoms with Gasteiger partial charge in [0.15, 0.2) is 5.78 Å². The summed E-state index contributed by atoms with van der Waals surface area (Å²) in [4.78, 5) is 17.4. The molecule has 0 fully saturated rings. The number of nitrogens with one attached hydrogen (secondary N) is 2. The first-order valence-corrected chi connectivity index (χ1v) is 13.8. The summed E-state index contributed by atoms with van der Waals surface area (Å²) in [5.41, 5.74) is 9.00. The van der Waals surface area contributed by atoms with Crippen molar-refractivity contribution in [2.75, 3.05) is 13.7 Å². The first-order chi connectivity index (χ1) is 19.6. The summed E-state index contributed by atoms with van der Waals surface area (Å²) in [7, 11) is 1.68. The summed E-state index contributed by atoms with van der Waals surface area (Å²) >= 11 is 0. The van der Waals surface area contributed by atoms with E-state index < -0.39 is 0 Å². The molecule has 40 heavy (non-hydrogen) atoms. The molecule has 0 saturated heterocycles. The van der Waals surface area contributed by atoms with Gasteiger partial charge >= 0.3 is 0 Å². The van der Waals surface area contributed by atoms with Crippen LogP contribution in [0.25, 0.3) is 10.9 Å². The number of benzene rings is 3. The van der Waals surface area contributed by atoms with E-state index in [0.717, 1.165) is 67.9 Å². The standard InChI is InChI=1S/C34H34N2O4/c1-21-28(20-40-19-23-8-5-7-22(15-23)18-37)33(27-10-6-11-29-26(27)13-14-35-29)34-30(36-21)16-24(17-31(34)38)25-9-3-4-12-32(25)39-2/h3-15,24,33,35-37H,16-20H2,1-2H3/t24-,33?/m1/s1. The quantitative estimate of drug-likeness (QED) is 0.249. The Morgan fingerprint density at radius 3 is 2.58 bits per heavy atom. The van der Waals surface area contributed by atoms with E-state index in [0.29, 0.717) is 19.6 Å². The van der Waals surface area contributed by atoms with Gasteiger partial charge < -0.3 is 24.9 Å². The number of rotatable bonds is 8. The largest absolute Gasteiger partial charge is 0.496 e. The van der Waals surface area contributed by atoms with Crippen LogP contribution in [-0.4, -0.2) is 29.6 Å². The molecule has 2 atom stereocenters. The molecule has 1 unspecified atom stereocenters. The highest BCUT2D eigenvalue weighted by atomic mass is 16.5. The molecule has 0 amide bonds. The molecular weight excluding hydrogens is 500 g/mol. The van der Waals surface area contributed by atoms with E-state index in [4.69, 9.17) is 9.47 Å². The molecule has 3 aromatic carbocycles. The minimum Gasteiger partial charge on any atom is -0.496 e. The number of methoxy groups -OCH3 is 1. The summed E-state index contributed by atoms with van der Waals surface area (Å²) in [5, 5.41) is 14.2. The number of ether oxygens (including phenoxy) is 2. The van der Waals surface area contributed by atoms with Gasteiger partial charge in [-0.05, 0) is 59.4 Å². The fraction of sp³-hybridized carbons (Fsp3) is 0.265. The van der Waals surface area contributed by atoms with Crippen LogP contribution in [0.2, 0.25) is 0 Å². The highest BCUT2D eigenvalue weighted by Crippen LogP contribution is 2.47. The van der Waals surface area contributed by atoms with E-state index in [1.54, 1.807) is 7.11 Å². The normalized spacial score (nSPS) is 19.1. The molecule has 6 rings (SSSR count). The van der Waals surface area contributed by atoms with E-state index >= 15 is 0 Å². The molecule has 1 aromatic heterocycles. The first kappa shape index (κ1) is 26.1. The number of H-pyrrole nitrogens is 1. The molecule has 3 N–H and O–H groups in total. The van der Waals surface area contributed by atoms with Crippen LogP contribution >= 0.6 is 0 Å². The van der Waals surface area contributed by atoms with Gasteiger partial charge in [0, 0.05) is 52.3 Å². The number of aliphatic hydroxyl groups excluding tert-OH is 1. The second kappa shape index (κ2) is 11.2. The monoisotopic (exact) mass is 534 g/mol. The zero-order valence-electron chi connectivity index (χ0n) is 22.9. The zero-order chi connectivity index (χ0) is 27.6. The van der Waals surface area contributed by atoms with Crippen molar-refractivity contribution in [1.29, 1.82) is 0 Å². The van der Waals surface area contributed by atoms with Crippen LogP contribution in [0.5, 0.6) is 5.75 Å². The van der Waals surface area contributed by atoms with Crippen molar-refractivity contribution in [2.45, 2.75) is 44.8 Å². The third-order valence-corrected chi connectivity index (χ3v) is 8.18. The number of aromatic nitrogens is 1. The minimum atomic E-state index is -0.203. The zero-order valence-corrected chi connectivity index (χ0v) is 22.9. The fourth-order valence-electron chi connectivity index (χ4n) is 6.30. The van der Waals surface area contributed by atoms with Gasteiger partial charge in [-0.25, -0.2) is 0 Å². The number of hydrogen-bond acceptors (Lipinski definition) is 5. The minimum absolute atomic E-state index is 0.000339. The average molecular weight is 535 g/mol. The van der Waals surface area contributed by atoms with Crippen LogP contribution in [0.15, 0.2) is 102 Å². The van der Waals surface area contributed by atoms with Crippen LogP contribution in [0.3, 0.4) is 0 Å². The molecule has 4 aromatic rings. The Bertz CT molecular complexity index is 1630. The Morgan fingerprint density at radius 2 is 1.73 bits per heavy atom. The SMILES string of the molecule is COc1ccccc1[C@H]1CC(=O)C2=C(C1)NC(C)=C(COCc1cccc(CO)c1)C2c1cccc2[nH]ccc12. The van der Waals surface area contributed by atoms with Crippen molar-refractivity contribution >= 4 is 16.7 Å². The smallest absolute Gasteiger partial charge is 0.162 e. The Morgan fingerprint density at radius 1 is 0.925 bits per heavy atom. The maximum atomic E-state index is 14.1. The van der Waals surface area contributed by atoms with Crippen molar-refractivity contribution in [2.24, 2.45) is 0 Å². The van der Waals surface area contributed by atoms with E-state index in [2.05, 4.69) is 47.6 Å². The summed E-state index contributed by atoms with van der Waals surface area (Å²) in [5.74, 6) is 0.817. The number of allylic oxidation sites excluding steroid dienone is 3. The second-order valence-electron chi connectivity index (χ2n) is 10.6.